The van der Waals surface area contributed by atoms with Gasteiger partial charge >= 0.3 is 5.97 Å². The molecule has 0 unspecified atom stereocenters. The Morgan fingerprint density at radius 1 is 1.47 bits per heavy atom. The summed E-state index contributed by atoms with van der Waals surface area (Å²) in [4.78, 5) is 24.2. The molecular weight excluding hydrogens is 194 g/mol. The minimum atomic E-state index is -0.887. The first-order valence-corrected chi connectivity index (χ1v) is 4.68. The van der Waals surface area contributed by atoms with Crippen LogP contribution in [0.3, 0.4) is 0 Å². The maximum atomic E-state index is 11.7. The van der Waals surface area contributed by atoms with E-state index in [2.05, 4.69) is 0 Å². The van der Waals surface area contributed by atoms with Crippen LogP contribution in [-0.2, 0) is 4.79 Å². The van der Waals surface area contributed by atoms with Crippen LogP contribution in [0.25, 0.3) is 0 Å². The second-order valence-electron chi connectivity index (χ2n) is 3.66. The lowest BCUT2D eigenvalue weighted by Crippen LogP contribution is -2.39. The summed E-state index contributed by atoms with van der Waals surface area (Å²) in [5, 5.41) is 9.05. The van der Waals surface area contributed by atoms with Crippen LogP contribution in [0.1, 0.15) is 21.8 Å². The number of hydrogen-bond donors (Lipinski definition) is 1. The van der Waals surface area contributed by atoms with E-state index in [1.54, 1.807) is 31.3 Å². The van der Waals surface area contributed by atoms with Crippen LogP contribution < -0.4 is 0 Å². The Morgan fingerprint density at radius 3 is 2.80 bits per heavy atom. The number of carbonyl (C=O) groups is 2. The fraction of sp³-hybridized carbons (Fsp3) is 0.273. The highest BCUT2D eigenvalue weighted by Gasteiger charge is 2.32. The normalized spacial score (nSPS) is 19.9. The molecule has 4 nitrogen and oxygen atoms in total. The molecule has 78 valence electrons. The first-order chi connectivity index (χ1) is 7.11. The van der Waals surface area contributed by atoms with Crippen molar-refractivity contribution in [2.24, 2.45) is 0 Å². The highest BCUT2D eigenvalue weighted by atomic mass is 16.4. The number of carboxylic acids is 1. The van der Waals surface area contributed by atoms with E-state index in [9.17, 15) is 9.59 Å². The van der Waals surface area contributed by atoms with Crippen LogP contribution >= 0.6 is 0 Å². The molecule has 1 heterocycles. The highest BCUT2D eigenvalue weighted by molar-refractivity contribution is 5.99. The summed E-state index contributed by atoms with van der Waals surface area (Å²) >= 11 is 0. The molecule has 4 heteroatoms. The molecule has 1 aliphatic rings. The largest absolute Gasteiger partial charge is 0.481 e. The van der Waals surface area contributed by atoms with Crippen LogP contribution in [0, 0.1) is 0 Å². The monoisotopic (exact) mass is 205 g/mol. The van der Waals surface area contributed by atoms with Crippen molar-refractivity contribution in [3.63, 3.8) is 0 Å². The van der Waals surface area contributed by atoms with Crippen LogP contribution in [0.2, 0.25) is 0 Å². The average Bonchev–Trinajstić information content (AvgIpc) is 2.23. The lowest BCUT2D eigenvalue weighted by molar-refractivity contribution is -0.139. The Bertz CT molecular complexity index is 428. The van der Waals surface area contributed by atoms with Crippen molar-refractivity contribution >= 4 is 11.9 Å². The lowest BCUT2D eigenvalue weighted by Gasteiger charge is -2.29. The standard InChI is InChI=1S/C11H11NO3/c1-12-6-9(11(14)15)7-4-2-3-5-8(7)10(12)13/h2-5,9H,6H2,1H3,(H,14,15)/t9-/m1/s1. The van der Waals surface area contributed by atoms with E-state index in [-0.39, 0.29) is 12.5 Å². The molecule has 2 rings (SSSR count). The lowest BCUT2D eigenvalue weighted by atomic mass is 9.90. The maximum Gasteiger partial charge on any atom is 0.312 e. The third-order valence-corrected chi connectivity index (χ3v) is 2.67. The summed E-state index contributed by atoms with van der Waals surface area (Å²) in [5.41, 5.74) is 1.12. The van der Waals surface area contributed by atoms with Gasteiger partial charge in [0.1, 0.15) is 5.92 Å². The van der Waals surface area contributed by atoms with E-state index in [1.165, 1.54) is 4.90 Å². The predicted octanol–water partition coefficient (Wildman–Crippen LogP) is 0.940. The molecule has 0 spiro atoms. The second-order valence-corrected chi connectivity index (χ2v) is 3.66. The third-order valence-electron chi connectivity index (χ3n) is 2.67. The predicted molar refractivity (Wildman–Crippen MR) is 53.8 cm³/mol. The molecule has 0 fully saturated rings. The Hall–Kier alpha value is -1.84. The molecule has 1 N–H and O–H groups in total. The van der Waals surface area contributed by atoms with Crippen molar-refractivity contribution in [3.8, 4) is 0 Å². The van der Waals surface area contributed by atoms with Gasteiger partial charge in [-0.3, -0.25) is 9.59 Å². The van der Waals surface area contributed by atoms with E-state index < -0.39 is 11.9 Å². The smallest absolute Gasteiger partial charge is 0.312 e. The van der Waals surface area contributed by atoms with Crippen LogP contribution in [-0.4, -0.2) is 35.5 Å². The van der Waals surface area contributed by atoms with Gasteiger partial charge in [0.2, 0.25) is 0 Å². The molecule has 0 bridgehead atoms. The zero-order valence-electron chi connectivity index (χ0n) is 8.30. The Balaban J connectivity index is 2.54. The molecule has 1 aromatic rings. The summed E-state index contributed by atoms with van der Waals surface area (Å²) in [6.07, 6.45) is 0. The summed E-state index contributed by atoms with van der Waals surface area (Å²) < 4.78 is 0. The minimum absolute atomic E-state index is 0.108. The molecule has 15 heavy (non-hydrogen) atoms. The summed E-state index contributed by atoms with van der Waals surface area (Å²) in [6.45, 7) is 0.241. The summed E-state index contributed by atoms with van der Waals surface area (Å²) in [5.74, 6) is -1.60. The van der Waals surface area contributed by atoms with Crippen LogP contribution in [0.4, 0.5) is 0 Å². The van der Waals surface area contributed by atoms with Gasteiger partial charge in [-0.1, -0.05) is 18.2 Å². The zero-order valence-corrected chi connectivity index (χ0v) is 8.30. The van der Waals surface area contributed by atoms with E-state index >= 15 is 0 Å². The fourth-order valence-corrected chi connectivity index (χ4v) is 1.87. The molecule has 1 atom stereocenters. The molecule has 1 aliphatic heterocycles. The van der Waals surface area contributed by atoms with Crippen LogP contribution in [0.15, 0.2) is 24.3 Å². The number of rotatable bonds is 1. The number of carbonyl (C=O) groups excluding carboxylic acids is 1. The number of hydrogen-bond acceptors (Lipinski definition) is 2. The summed E-state index contributed by atoms with van der Waals surface area (Å²) in [7, 11) is 1.62. The van der Waals surface area contributed by atoms with Crippen molar-refractivity contribution in [1.82, 2.24) is 4.90 Å². The highest BCUT2D eigenvalue weighted by Crippen LogP contribution is 2.27. The Labute approximate surface area is 87.1 Å². The number of benzene rings is 1. The SMILES string of the molecule is CN1C[C@@H](C(=O)O)c2ccccc2C1=O. The number of carboxylic acid groups (broad SMARTS) is 1. The first kappa shape index (κ1) is 9.71. The van der Waals surface area contributed by atoms with Crippen molar-refractivity contribution in [1.29, 1.82) is 0 Å². The van der Waals surface area contributed by atoms with Crippen molar-refractivity contribution in [2.45, 2.75) is 5.92 Å². The first-order valence-electron chi connectivity index (χ1n) is 4.68. The number of aliphatic carboxylic acids is 1. The second kappa shape index (κ2) is 3.38. The number of nitrogens with zero attached hydrogens (tertiary/aromatic N) is 1. The van der Waals surface area contributed by atoms with Crippen molar-refractivity contribution in [3.05, 3.63) is 35.4 Å². The van der Waals surface area contributed by atoms with E-state index in [4.69, 9.17) is 5.11 Å². The van der Waals surface area contributed by atoms with Gasteiger partial charge in [0.15, 0.2) is 0 Å². The molecule has 0 saturated heterocycles. The molecule has 1 aromatic carbocycles. The third kappa shape index (κ3) is 1.48. The molecule has 0 aromatic heterocycles. The molecule has 0 radical (unpaired) electrons. The zero-order chi connectivity index (χ0) is 11.0. The number of likely N-dealkylation sites (N-methyl/N-ethyl adjacent to an activating group) is 1. The van der Waals surface area contributed by atoms with Crippen LogP contribution in [0.5, 0.6) is 0 Å². The fourth-order valence-electron chi connectivity index (χ4n) is 1.87. The number of fused-ring (bicyclic) bond motifs is 1. The topological polar surface area (TPSA) is 57.6 Å². The van der Waals surface area contributed by atoms with E-state index in [1.807, 2.05) is 0 Å². The van der Waals surface area contributed by atoms with Crippen molar-refractivity contribution in [2.75, 3.05) is 13.6 Å². The Kier molecular flexibility index (Phi) is 2.19. The van der Waals surface area contributed by atoms with Gasteiger partial charge in [0.25, 0.3) is 5.91 Å². The quantitative estimate of drug-likeness (QED) is 0.742. The van der Waals surface area contributed by atoms with Gasteiger partial charge in [-0.2, -0.15) is 0 Å². The Morgan fingerprint density at radius 2 is 2.13 bits per heavy atom. The molecule has 0 aliphatic carbocycles. The maximum absolute atomic E-state index is 11.7. The molecule has 1 amide bonds. The van der Waals surface area contributed by atoms with Gasteiger partial charge in [-0.25, -0.2) is 0 Å². The number of amides is 1. The van der Waals surface area contributed by atoms with Gasteiger partial charge in [-0.15, -0.1) is 0 Å². The minimum Gasteiger partial charge on any atom is -0.481 e. The molecular formula is C11H11NO3. The summed E-state index contributed by atoms with van der Waals surface area (Å²) in [6, 6.07) is 6.88. The molecule has 0 saturated carbocycles. The van der Waals surface area contributed by atoms with Crippen molar-refractivity contribution < 1.29 is 14.7 Å². The van der Waals surface area contributed by atoms with Gasteiger partial charge in [0.05, 0.1) is 0 Å². The van der Waals surface area contributed by atoms with E-state index in [0.29, 0.717) is 11.1 Å². The average molecular weight is 205 g/mol. The van der Waals surface area contributed by atoms with Gasteiger partial charge in [-0.05, 0) is 11.6 Å². The van der Waals surface area contributed by atoms with E-state index in [0.717, 1.165) is 0 Å². The van der Waals surface area contributed by atoms with Gasteiger partial charge < -0.3 is 10.0 Å². The van der Waals surface area contributed by atoms with Gasteiger partial charge in [0, 0.05) is 19.2 Å².